The largest absolute Gasteiger partial charge is 0.383 e. The summed E-state index contributed by atoms with van der Waals surface area (Å²) < 4.78 is 5.36. The zero-order valence-corrected chi connectivity index (χ0v) is 12.6. The second-order valence-electron chi connectivity index (χ2n) is 5.34. The molecule has 0 aromatic heterocycles. The van der Waals surface area contributed by atoms with Crippen LogP contribution < -0.4 is 5.32 Å². The Kier molecular flexibility index (Phi) is 7.51. The fourth-order valence-corrected chi connectivity index (χ4v) is 3.24. The molecule has 0 bridgehead atoms. The van der Waals surface area contributed by atoms with E-state index in [1.54, 1.807) is 7.11 Å². The molecule has 1 rings (SSSR count). The minimum Gasteiger partial charge on any atom is -0.383 e. The first-order valence-electron chi connectivity index (χ1n) is 6.68. The molecule has 17 heavy (non-hydrogen) atoms. The van der Waals surface area contributed by atoms with Crippen molar-refractivity contribution in [2.75, 3.05) is 45.6 Å². The Hall–Kier alpha value is 0.230. The van der Waals surface area contributed by atoms with Gasteiger partial charge in [-0.05, 0) is 12.5 Å². The zero-order valence-electron chi connectivity index (χ0n) is 11.7. The first-order chi connectivity index (χ1) is 8.13. The van der Waals surface area contributed by atoms with Gasteiger partial charge in [-0.15, -0.1) is 0 Å². The molecule has 0 spiro atoms. The molecule has 2 unspecified atom stereocenters. The van der Waals surface area contributed by atoms with E-state index in [0.717, 1.165) is 24.9 Å². The van der Waals surface area contributed by atoms with Gasteiger partial charge in [0.25, 0.3) is 0 Å². The Morgan fingerprint density at radius 3 is 2.76 bits per heavy atom. The molecule has 1 aliphatic heterocycles. The molecule has 1 aliphatic rings. The van der Waals surface area contributed by atoms with Crippen LogP contribution in [0.1, 0.15) is 20.8 Å². The molecular weight excluding hydrogens is 232 g/mol. The van der Waals surface area contributed by atoms with E-state index in [1.807, 2.05) is 0 Å². The minimum atomic E-state index is 0.530. The third-order valence-electron chi connectivity index (χ3n) is 3.08. The van der Waals surface area contributed by atoms with Crippen LogP contribution in [0, 0.1) is 5.92 Å². The van der Waals surface area contributed by atoms with Gasteiger partial charge in [-0.2, -0.15) is 11.8 Å². The van der Waals surface area contributed by atoms with Crippen LogP contribution in [0.25, 0.3) is 0 Å². The SMILES string of the molecule is COCC(CNCC(C)C)N1CCSC(C)C1. The predicted octanol–water partition coefficient (Wildman–Crippen LogP) is 1.68. The zero-order chi connectivity index (χ0) is 12.7. The van der Waals surface area contributed by atoms with Gasteiger partial charge in [0.15, 0.2) is 0 Å². The quantitative estimate of drug-likeness (QED) is 0.753. The van der Waals surface area contributed by atoms with E-state index >= 15 is 0 Å². The molecule has 0 saturated carbocycles. The average molecular weight is 260 g/mol. The van der Waals surface area contributed by atoms with Gasteiger partial charge in [0.1, 0.15) is 0 Å². The van der Waals surface area contributed by atoms with Crippen LogP contribution in [-0.4, -0.2) is 61.8 Å². The monoisotopic (exact) mass is 260 g/mol. The number of thioether (sulfide) groups is 1. The highest BCUT2D eigenvalue weighted by Gasteiger charge is 2.23. The predicted molar refractivity (Wildman–Crippen MR) is 76.9 cm³/mol. The lowest BCUT2D eigenvalue weighted by molar-refractivity contribution is 0.0915. The highest BCUT2D eigenvalue weighted by Crippen LogP contribution is 2.19. The van der Waals surface area contributed by atoms with Crippen LogP contribution in [0.3, 0.4) is 0 Å². The first-order valence-corrected chi connectivity index (χ1v) is 7.73. The summed E-state index contributed by atoms with van der Waals surface area (Å²) in [4.78, 5) is 2.58. The molecule has 0 aliphatic carbocycles. The highest BCUT2D eigenvalue weighted by molar-refractivity contribution is 7.99. The Balaban J connectivity index is 2.35. The second kappa shape index (κ2) is 8.35. The summed E-state index contributed by atoms with van der Waals surface area (Å²) in [5.74, 6) is 1.97. The van der Waals surface area contributed by atoms with E-state index in [0.29, 0.717) is 12.0 Å². The maximum Gasteiger partial charge on any atom is 0.0630 e. The van der Waals surface area contributed by atoms with E-state index < -0.39 is 0 Å². The molecule has 1 saturated heterocycles. The van der Waals surface area contributed by atoms with E-state index in [4.69, 9.17) is 4.74 Å². The van der Waals surface area contributed by atoms with Gasteiger partial charge >= 0.3 is 0 Å². The summed E-state index contributed by atoms with van der Waals surface area (Å²) in [6.45, 7) is 12.2. The number of methoxy groups -OCH3 is 1. The summed E-state index contributed by atoms with van der Waals surface area (Å²) in [5, 5.41) is 4.31. The number of ether oxygens (including phenoxy) is 1. The van der Waals surface area contributed by atoms with Crippen molar-refractivity contribution in [1.29, 1.82) is 0 Å². The van der Waals surface area contributed by atoms with Crippen molar-refractivity contribution < 1.29 is 4.74 Å². The van der Waals surface area contributed by atoms with Crippen LogP contribution in [0.2, 0.25) is 0 Å². The molecule has 1 heterocycles. The van der Waals surface area contributed by atoms with Gasteiger partial charge in [-0.25, -0.2) is 0 Å². The Bertz CT molecular complexity index is 202. The standard InChI is InChI=1S/C13H28N2OS/c1-11(2)7-14-8-13(10-16-4)15-5-6-17-12(3)9-15/h11-14H,5-10H2,1-4H3. The molecule has 3 nitrogen and oxygen atoms in total. The normalized spacial score (nSPS) is 24.2. The maximum atomic E-state index is 5.36. The van der Waals surface area contributed by atoms with Gasteiger partial charge in [0.05, 0.1) is 6.61 Å². The summed E-state index contributed by atoms with van der Waals surface area (Å²) in [6, 6.07) is 0.530. The van der Waals surface area contributed by atoms with Gasteiger partial charge in [0, 0.05) is 43.8 Å². The number of nitrogens with one attached hydrogen (secondary N) is 1. The van der Waals surface area contributed by atoms with Gasteiger partial charge in [-0.1, -0.05) is 20.8 Å². The van der Waals surface area contributed by atoms with Crippen molar-refractivity contribution in [1.82, 2.24) is 10.2 Å². The molecule has 0 radical (unpaired) electrons. The van der Waals surface area contributed by atoms with Crippen LogP contribution in [0.4, 0.5) is 0 Å². The molecule has 1 fully saturated rings. The summed E-state index contributed by atoms with van der Waals surface area (Å²) in [7, 11) is 1.80. The van der Waals surface area contributed by atoms with Crippen molar-refractivity contribution >= 4 is 11.8 Å². The minimum absolute atomic E-state index is 0.530. The van der Waals surface area contributed by atoms with Crippen molar-refractivity contribution in [3.8, 4) is 0 Å². The topological polar surface area (TPSA) is 24.5 Å². The van der Waals surface area contributed by atoms with Gasteiger partial charge < -0.3 is 10.1 Å². The molecule has 0 amide bonds. The number of hydrogen-bond acceptors (Lipinski definition) is 4. The van der Waals surface area contributed by atoms with Crippen LogP contribution in [0.5, 0.6) is 0 Å². The third-order valence-corrected chi connectivity index (χ3v) is 4.22. The van der Waals surface area contributed by atoms with Crippen molar-refractivity contribution in [3.63, 3.8) is 0 Å². The molecule has 1 N–H and O–H groups in total. The number of hydrogen-bond donors (Lipinski definition) is 1. The van der Waals surface area contributed by atoms with Crippen LogP contribution in [0.15, 0.2) is 0 Å². The molecule has 0 aromatic rings. The first kappa shape index (κ1) is 15.3. The molecular formula is C13H28N2OS. The van der Waals surface area contributed by atoms with Crippen molar-refractivity contribution in [3.05, 3.63) is 0 Å². The number of rotatable bonds is 7. The van der Waals surface area contributed by atoms with E-state index in [-0.39, 0.29) is 0 Å². The molecule has 0 aromatic carbocycles. The van der Waals surface area contributed by atoms with E-state index in [2.05, 4.69) is 42.7 Å². The highest BCUT2D eigenvalue weighted by atomic mass is 32.2. The van der Waals surface area contributed by atoms with Crippen LogP contribution in [-0.2, 0) is 4.74 Å². The molecule has 2 atom stereocenters. The number of nitrogens with zero attached hydrogens (tertiary/aromatic N) is 1. The molecule has 102 valence electrons. The molecule has 4 heteroatoms. The summed E-state index contributed by atoms with van der Waals surface area (Å²) >= 11 is 2.08. The maximum absolute atomic E-state index is 5.36. The van der Waals surface area contributed by atoms with Crippen LogP contribution >= 0.6 is 11.8 Å². The fourth-order valence-electron chi connectivity index (χ4n) is 2.20. The lowest BCUT2D eigenvalue weighted by atomic mass is 10.2. The summed E-state index contributed by atoms with van der Waals surface area (Å²) in [6.07, 6.45) is 0. The Labute approximate surface area is 111 Å². The van der Waals surface area contributed by atoms with E-state index in [9.17, 15) is 0 Å². The third kappa shape index (κ3) is 6.09. The second-order valence-corrected chi connectivity index (χ2v) is 6.88. The summed E-state index contributed by atoms with van der Waals surface area (Å²) in [5.41, 5.74) is 0. The van der Waals surface area contributed by atoms with Gasteiger partial charge in [0.2, 0.25) is 0 Å². The Morgan fingerprint density at radius 2 is 2.18 bits per heavy atom. The lowest BCUT2D eigenvalue weighted by Crippen LogP contribution is -2.50. The fraction of sp³-hybridized carbons (Fsp3) is 1.00. The van der Waals surface area contributed by atoms with Gasteiger partial charge in [-0.3, -0.25) is 4.90 Å². The Morgan fingerprint density at radius 1 is 1.41 bits per heavy atom. The average Bonchev–Trinajstić information content (AvgIpc) is 2.27. The van der Waals surface area contributed by atoms with Crippen molar-refractivity contribution in [2.24, 2.45) is 5.92 Å². The van der Waals surface area contributed by atoms with E-state index in [1.165, 1.54) is 18.8 Å². The lowest BCUT2D eigenvalue weighted by Gasteiger charge is -2.37. The smallest absolute Gasteiger partial charge is 0.0630 e. The van der Waals surface area contributed by atoms with Crippen molar-refractivity contribution in [2.45, 2.75) is 32.1 Å².